The second kappa shape index (κ2) is 8.35. The summed E-state index contributed by atoms with van der Waals surface area (Å²) in [5, 5.41) is 3.41. The Morgan fingerprint density at radius 1 is 1.05 bits per heavy atom. The third-order valence-corrected chi connectivity index (χ3v) is 3.60. The number of halogens is 2. The summed E-state index contributed by atoms with van der Waals surface area (Å²) in [7, 11) is 0. The summed E-state index contributed by atoms with van der Waals surface area (Å²) in [4.78, 5) is 0. The monoisotopic (exact) mass is 283 g/mol. The Morgan fingerprint density at radius 3 is 2.40 bits per heavy atom. The number of aryl methyl sites for hydroxylation is 2. The number of nitrogens with one attached hydrogen (secondary N) is 1. The number of benzene rings is 1. The lowest BCUT2D eigenvalue weighted by molar-refractivity contribution is 0.449. The molecule has 0 saturated carbocycles. The van der Waals surface area contributed by atoms with Crippen LogP contribution in [-0.4, -0.2) is 13.1 Å². The van der Waals surface area contributed by atoms with Crippen molar-refractivity contribution in [2.24, 2.45) is 11.8 Å². The second-order valence-corrected chi connectivity index (χ2v) is 6.22. The van der Waals surface area contributed by atoms with E-state index in [2.05, 4.69) is 26.1 Å². The molecule has 114 valence electrons. The molecule has 0 heterocycles. The molecule has 1 atom stereocenters. The summed E-state index contributed by atoms with van der Waals surface area (Å²) < 4.78 is 27.1. The molecule has 20 heavy (non-hydrogen) atoms. The van der Waals surface area contributed by atoms with E-state index in [0.29, 0.717) is 29.4 Å². The van der Waals surface area contributed by atoms with Crippen molar-refractivity contribution in [3.63, 3.8) is 0 Å². The first kappa shape index (κ1) is 17.1. The van der Waals surface area contributed by atoms with Crippen molar-refractivity contribution in [2.45, 2.75) is 47.0 Å². The van der Waals surface area contributed by atoms with E-state index in [4.69, 9.17) is 0 Å². The van der Waals surface area contributed by atoms with Crippen LogP contribution in [0.25, 0.3) is 0 Å². The van der Waals surface area contributed by atoms with Gasteiger partial charge < -0.3 is 5.32 Å². The molecule has 1 nitrogen and oxygen atoms in total. The summed E-state index contributed by atoms with van der Waals surface area (Å²) in [6.07, 6.45) is 2.57. The summed E-state index contributed by atoms with van der Waals surface area (Å²) in [6, 6.07) is 2.63. The van der Waals surface area contributed by atoms with E-state index in [0.717, 1.165) is 25.9 Å². The first-order valence-electron chi connectivity index (χ1n) is 7.55. The van der Waals surface area contributed by atoms with Crippen molar-refractivity contribution in [2.75, 3.05) is 13.1 Å². The molecular weight excluding hydrogens is 256 g/mol. The quantitative estimate of drug-likeness (QED) is 0.694. The van der Waals surface area contributed by atoms with E-state index < -0.39 is 0 Å². The highest BCUT2D eigenvalue weighted by molar-refractivity contribution is 5.25. The highest BCUT2D eigenvalue weighted by Gasteiger charge is 2.09. The molecule has 0 aromatic heterocycles. The van der Waals surface area contributed by atoms with Gasteiger partial charge in [-0.15, -0.1) is 0 Å². The Kier molecular flexibility index (Phi) is 7.14. The minimum Gasteiger partial charge on any atom is -0.316 e. The third kappa shape index (κ3) is 6.00. The first-order chi connectivity index (χ1) is 9.40. The van der Waals surface area contributed by atoms with Gasteiger partial charge in [0.15, 0.2) is 0 Å². The van der Waals surface area contributed by atoms with Crippen LogP contribution in [0.5, 0.6) is 0 Å². The highest BCUT2D eigenvalue weighted by atomic mass is 19.1. The van der Waals surface area contributed by atoms with Crippen molar-refractivity contribution in [1.82, 2.24) is 5.32 Å². The zero-order valence-electron chi connectivity index (χ0n) is 13.1. The van der Waals surface area contributed by atoms with Crippen LogP contribution in [0.1, 0.15) is 44.7 Å². The smallest absolute Gasteiger partial charge is 0.126 e. The fourth-order valence-corrected chi connectivity index (χ4v) is 2.16. The molecule has 1 N–H and O–H groups in total. The molecule has 0 spiro atoms. The summed E-state index contributed by atoms with van der Waals surface area (Å²) in [5.41, 5.74) is 0.868. The average Bonchev–Trinajstić information content (AvgIpc) is 2.37. The first-order valence-corrected chi connectivity index (χ1v) is 7.55. The van der Waals surface area contributed by atoms with E-state index in [1.807, 2.05) is 0 Å². The Morgan fingerprint density at radius 2 is 1.75 bits per heavy atom. The molecular formula is C17H27F2N. The van der Waals surface area contributed by atoms with Gasteiger partial charge in [0, 0.05) is 0 Å². The molecule has 0 fully saturated rings. The van der Waals surface area contributed by atoms with Gasteiger partial charge in [-0.2, -0.15) is 0 Å². The fourth-order valence-electron chi connectivity index (χ4n) is 2.16. The molecule has 1 rings (SSSR count). The Bertz CT molecular complexity index is 416. The molecule has 1 aromatic rings. The van der Waals surface area contributed by atoms with E-state index in [1.54, 1.807) is 6.92 Å². The molecule has 0 bridgehead atoms. The third-order valence-electron chi connectivity index (χ3n) is 3.60. The van der Waals surface area contributed by atoms with Gasteiger partial charge in [0.05, 0.1) is 0 Å². The Labute approximate surface area is 121 Å². The maximum absolute atomic E-state index is 13.7. The average molecular weight is 283 g/mol. The maximum Gasteiger partial charge on any atom is 0.126 e. The molecule has 1 aromatic carbocycles. The van der Waals surface area contributed by atoms with Gasteiger partial charge in [0.2, 0.25) is 0 Å². The molecule has 0 saturated heterocycles. The predicted octanol–water partition coefficient (Wildman–Crippen LogP) is 4.48. The SMILES string of the molecule is Cc1cc(F)c(CCC(C)CCNCC(C)C)cc1F. The van der Waals surface area contributed by atoms with Gasteiger partial charge >= 0.3 is 0 Å². The largest absolute Gasteiger partial charge is 0.316 e. The van der Waals surface area contributed by atoms with E-state index >= 15 is 0 Å². The van der Waals surface area contributed by atoms with Crippen LogP contribution < -0.4 is 5.32 Å². The lowest BCUT2D eigenvalue weighted by Gasteiger charge is -2.13. The van der Waals surface area contributed by atoms with Crippen LogP contribution >= 0.6 is 0 Å². The van der Waals surface area contributed by atoms with E-state index in [1.165, 1.54) is 12.1 Å². The molecule has 3 heteroatoms. The zero-order valence-corrected chi connectivity index (χ0v) is 13.1. The van der Waals surface area contributed by atoms with Crippen LogP contribution in [0.3, 0.4) is 0 Å². The van der Waals surface area contributed by atoms with Crippen molar-refractivity contribution in [3.8, 4) is 0 Å². The summed E-state index contributed by atoms with van der Waals surface area (Å²) in [6.45, 7) is 10.1. The Balaban J connectivity index is 2.34. The van der Waals surface area contributed by atoms with Crippen molar-refractivity contribution in [3.05, 3.63) is 34.9 Å². The van der Waals surface area contributed by atoms with Crippen LogP contribution in [0.4, 0.5) is 8.78 Å². The molecule has 0 aliphatic rings. The van der Waals surface area contributed by atoms with Gasteiger partial charge in [-0.3, -0.25) is 0 Å². The molecule has 0 aliphatic carbocycles. The van der Waals surface area contributed by atoms with Crippen LogP contribution in [0, 0.1) is 30.4 Å². The minimum absolute atomic E-state index is 0.283. The number of hydrogen-bond donors (Lipinski definition) is 1. The van der Waals surface area contributed by atoms with Crippen LogP contribution in [0.2, 0.25) is 0 Å². The van der Waals surface area contributed by atoms with Crippen molar-refractivity contribution >= 4 is 0 Å². The zero-order chi connectivity index (χ0) is 15.1. The summed E-state index contributed by atoms with van der Waals surface area (Å²) >= 11 is 0. The second-order valence-electron chi connectivity index (χ2n) is 6.22. The van der Waals surface area contributed by atoms with Crippen LogP contribution in [-0.2, 0) is 6.42 Å². The number of hydrogen-bond acceptors (Lipinski definition) is 1. The van der Waals surface area contributed by atoms with Gasteiger partial charge in [0.25, 0.3) is 0 Å². The fraction of sp³-hybridized carbons (Fsp3) is 0.647. The van der Waals surface area contributed by atoms with Gasteiger partial charge in [-0.25, -0.2) is 8.78 Å². The van der Waals surface area contributed by atoms with Gasteiger partial charge in [-0.05, 0) is 74.4 Å². The van der Waals surface area contributed by atoms with E-state index in [-0.39, 0.29) is 11.6 Å². The van der Waals surface area contributed by atoms with Crippen LogP contribution in [0.15, 0.2) is 12.1 Å². The summed E-state index contributed by atoms with van der Waals surface area (Å²) in [5.74, 6) is 0.579. The highest BCUT2D eigenvalue weighted by Crippen LogP contribution is 2.18. The van der Waals surface area contributed by atoms with Crippen molar-refractivity contribution < 1.29 is 8.78 Å². The molecule has 0 aliphatic heterocycles. The number of rotatable bonds is 8. The lowest BCUT2D eigenvalue weighted by atomic mass is 9.97. The molecule has 0 radical (unpaired) electrons. The van der Waals surface area contributed by atoms with Crippen molar-refractivity contribution in [1.29, 1.82) is 0 Å². The normalized spacial score (nSPS) is 12.9. The Hall–Kier alpha value is -0.960. The maximum atomic E-state index is 13.7. The minimum atomic E-state index is -0.312. The van der Waals surface area contributed by atoms with Gasteiger partial charge in [-0.1, -0.05) is 20.8 Å². The van der Waals surface area contributed by atoms with Gasteiger partial charge in [0.1, 0.15) is 11.6 Å². The standard InChI is InChI=1S/C17H27F2N/c1-12(2)11-20-8-7-13(3)5-6-15-10-16(18)14(4)9-17(15)19/h9-10,12-13,20H,5-8,11H2,1-4H3. The van der Waals surface area contributed by atoms with E-state index in [9.17, 15) is 8.78 Å². The predicted molar refractivity (Wildman–Crippen MR) is 80.9 cm³/mol. The lowest BCUT2D eigenvalue weighted by Crippen LogP contribution is -2.22. The molecule has 0 amide bonds. The topological polar surface area (TPSA) is 12.0 Å². The molecule has 1 unspecified atom stereocenters.